The molecule has 2 N–H and O–H groups in total. The summed E-state index contributed by atoms with van der Waals surface area (Å²) in [7, 11) is 0. The molecule has 3 aromatic rings. The van der Waals surface area contributed by atoms with Gasteiger partial charge in [0.1, 0.15) is 5.82 Å². The minimum Gasteiger partial charge on any atom is -0.322 e. The molecule has 30 heavy (non-hydrogen) atoms. The zero-order valence-corrected chi connectivity index (χ0v) is 15.3. The molecule has 5 nitrogen and oxygen atoms in total. The van der Waals surface area contributed by atoms with E-state index in [1.165, 1.54) is 0 Å². The van der Waals surface area contributed by atoms with Crippen LogP contribution >= 0.6 is 0 Å². The second kappa shape index (κ2) is 7.82. The highest BCUT2D eigenvalue weighted by Crippen LogP contribution is 2.24. The van der Waals surface area contributed by atoms with Crippen molar-refractivity contribution in [3.05, 3.63) is 101 Å². The van der Waals surface area contributed by atoms with Crippen LogP contribution in [0, 0.1) is 17.5 Å². The number of para-hydroxylation sites is 1. The van der Waals surface area contributed by atoms with E-state index in [1.807, 2.05) is 6.07 Å². The molecule has 1 unspecified atom stereocenters. The minimum atomic E-state index is -1.42. The normalized spacial score (nSPS) is 15.5. The summed E-state index contributed by atoms with van der Waals surface area (Å²) in [5.41, 5.74) is 1.51. The van der Waals surface area contributed by atoms with Gasteiger partial charge in [-0.05, 0) is 12.1 Å². The summed E-state index contributed by atoms with van der Waals surface area (Å²) in [6.07, 6.45) is -1.42. The largest absolute Gasteiger partial charge is 0.322 e. The zero-order chi connectivity index (χ0) is 21.3. The summed E-state index contributed by atoms with van der Waals surface area (Å²) < 4.78 is 40.6. The number of hydrogen-bond donors (Lipinski definition) is 2. The SMILES string of the molecule is O=C(NC1N=C(c2ccccc2)c2ccccc2NC1=O)c1cc(F)c(F)cc1F. The van der Waals surface area contributed by atoms with E-state index in [0.29, 0.717) is 28.6 Å². The Bertz CT molecular complexity index is 1180. The smallest absolute Gasteiger partial charge is 0.269 e. The van der Waals surface area contributed by atoms with Crippen molar-refractivity contribution in [2.24, 2.45) is 4.99 Å². The van der Waals surface area contributed by atoms with Crippen LogP contribution in [-0.2, 0) is 4.79 Å². The van der Waals surface area contributed by atoms with Gasteiger partial charge in [0.15, 0.2) is 11.6 Å². The van der Waals surface area contributed by atoms with Crippen LogP contribution in [0.4, 0.5) is 18.9 Å². The first-order valence-electron chi connectivity index (χ1n) is 8.93. The third-order valence-electron chi connectivity index (χ3n) is 4.52. The first-order chi connectivity index (χ1) is 14.4. The van der Waals surface area contributed by atoms with E-state index < -0.39 is 41.0 Å². The molecule has 1 aliphatic heterocycles. The number of anilines is 1. The van der Waals surface area contributed by atoms with Crippen LogP contribution in [-0.4, -0.2) is 23.7 Å². The number of fused-ring (bicyclic) bond motifs is 1. The zero-order valence-electron chi connectivity index (χ0n) is 15.3. The second-order valence-corrected chi connectivity index (χ2v) is 6.50. The molecule has 0 fully saturated rings. The lowest BCUT2D eigenvalue weighted by Gasteiger charge is -2.14. The predicted molar refractivity (Wildman–Crippen MR) is 105 cm³/mol. The van der Waals surface area contributed by atoms with E-state index in [1.54, 1.807) is 48.5 Å². The number of nitrogens with zero attached hydrogens (tertiary/aromatic N) is 1. The van der Waals surface area contributed by atoms with Gasteiger partial charge in [0.25, 0.3) is 11.8 Å². The van der Waals surface area contributed by atoms with E-state index in [2.05, 4.69) is 15.6 Å². The van der Waals surface area contributed by atoms with E-state index in [9.17, 15) is 22.8 Å². The van der Waals surface area contributed by atoms with Gasteiger partial charge >= 0.3 is 0 Å². The van der Waals surface area contributed by atoms with Gasteiger partial charge in [0.05, 0.1) is 17.0 Å². The first-order valence-corrected chi connectivity index (χ1v) is 8.93. The van der Waals surface area contributed by atoms with Crippen LogP contribution in [0.15, 0.2) is 71.7 Å². The topological polar surface area (TPSA) is 70.6 Å². The van der Waals surface area contributed by atoms with Crippen molar-refractivity contribution in [3.8, 4) is 0 Å². The minimum absolute atomic E-state index is 0.270. The summed E-state index contributed by atoms with van der Waals surface area (Å²) in [6, 6.07) is 16.7. The quantitative estimate of drug-likeness (QED) is 0.649. The summed E-state index contributed by atoms with van der Waals surface area (Å²) >= 11 is 0. The summed E-state index contributed by atoms with van der Waals surface area (Å²) in [5, 5.41) is 4.95. The number of carbonyl (C=O) groups excluding carboxylic acids is 2. The Morgan fingerprint density at radius 3 is 2.33 bits per heavy atom. The van der Waals surface area contributed by atoms with E-state index in [4.69, 9.17) is 0 Å². The van der Waals surface area contributed by atoms with Gasteiger partial charge in [-0.2, -0.15) is 0 Å². The number of nitrogens with one attached hydrogen (secondary N) is 2. The van der Waals surface area contributed by atoms with Crippen LogP contribution in [0.25, 0.3) is 0 Å². The molecule has 1 atom stereocenters. The highest BCUT2D eigenvalue weighted by atomic mass is 19.2. The molecular formula is C22H14F3N3O2. The van der Waals surface area contributed by atoms with Crippen molar-refractivity contribution in [2.75, 3.05) is 5.32 Å². The average molecular weight is 409 g/mol. The van der Waals surface area contributed by atoms with Crippen LogP contribution < -0.4 is 10.6 Å². The van der Waals surface area contributed by atoms with Crippen molar-refractivity contribution < 1.29 is 22.8 Å². The lowest BCUT2D eigenvalue weighted by atomic mass is 10.0. The molecule has 0 spiro atoms. The Morgan fingerprint density at radius 2 is 1.57 bits per heavy atom. The molecule has 1 aliphatic rings. The number of benzodiazepines with no additional fused rings is 1. The molecule has 8 heteroatoms. The molecule has 1 heterocycles. The van der Waals surface area contributed by atoms with E-state index in [0.717, 1.165) is 0 Å². The molecule has 2 amide bonds. The van der Waals surface area contributed by atoms with Gasteiger partial charge in [-0.3, -0.25) is 9.59 Å². The predicted octanol–water partition coefficient (Wildman–Crippen LogP) is 3.65. The Labute approximate surface area is 169 Å². The third-order valence-corrected chi connectivity index (χ3v) is 4.52. The Hall–Kier alpha value is -3.94. The third kappa shape index (κ3) is 3.67. The van der Waals surface area contributed by atoms with Crippen LogP contribution in [0.1, 0.15) is 21.5 Å². The fraction of sp³-hybridized carbons (Fsp3) is 0.0455. The highest BCUT2D eigenvalue weighted by molar-refractivity contribution is 6.20. The number of amides is 2. The molecule has 4 rings (SSSR count). The maximum Gasteiger partial charge on any atom is 0.269 e. The van der Waals surface area contributed by atoms with Gasteiger partial charge < -0.3 is 10.6 Å². The molecule has 0 radical (unpaired) electrons. The number of hydrogen-bond acceptors (Lipinski definition) is 3. The van der Waals surface area contributed by atoms with Gasteiger partial charge in [0.2, 0.25) is 6.17 Å². The number of rotatable bonds is 3. The molecule has 0 bridgehead atoms. The Balaban J connectivity index is 1.74. The van der Waals surface area contributed by atoms with E-state index >= 15 is 0 Å². The highest BCUT2D eigenvalue weighted by Gasteiger charge is 2.28. The molecule has 0 aromatic heterocycles. The van der Waals surface area contributed by atoms with Crippen LogP contribution in [0.5, 0.6) is 0 Å². The summed E-state index contributed by atoms with van der Waals surface area (Å²) in [6.45, 7) is 0. The monoisotopic (exact) mass is 409 g/mol. The van der Waals surface area contributed by atoms with Gasteiger partial charge in [0, 0.05) is 17.2 Å². The van der Waals surface area contributed by atoms with Crippen molar-refractivity contribution in [2.45, 2.75) is 6.17 Å². The number of benzene rings is 3. The molecule has 0 aliphatic carbocycles. The maximum atomic E-state index is 14.0. The number of aliphatic imine (C=N–C) groups is 1. The lowest BCUT2D eigenvalue weighted by Crippen LogP contribution is -2.42. The molecule has 150 valence electrons. The Kier molecular flexibility index (Phi) is 5.05. The van der Waals surface area contributed by atoms with Crippen LogP contribution in [0.2, 0.25) is 0 Å². The number of halogens is 3. The molecule has 0 saturated heterocycles. The fourth-order valence-electron chi connectivity index (χ4n) is 3.08. The van der Waals surface area contributed by atoms with Crippen LogP contribution in [0.3, 0.4) is 0 Å². The summed E-state index contributed by atoms with van der Waals surface area (Å²) in [5.74, 6) is -5.82. The molecular weight excluding hydrogens is 395 g/mol. The standard InChI is InChI=1S/C22H14F3N3O2/c23-15-11-17(25)16(24)10-14(15)21(29)28-20-22(30)26-18-9-5-4-8-13(18)19(27-20)12-6-2-1-3-7-12/h1-11,20H,(H,26,30)(H,28,29). The van der Waals surface area contributed by atoms with E-state index in [-0.39, 0.29) is 6.07 Å². The number of carbonyl (C=O) groups is 2. The van der Waals surface area contributed by atoms with Gasteiger partial charge in [-0.15, -0.1) is 0 Å². The second-order valence-electron chi connectivity index (χ2n) is 6.50. The lowest BCUT2D eigenvalue weighted by molar-refractivity contribution is -0.117. The fourth-order valence-corrected chi connectivity index (χ4v) is 3.08. The first kappa shape index (κ1) is 19.4. The van der Waals surface area contributed by atoms with Crippen molar-refractivity contribution in [1.82, 2.24) is 5.32 Å². The molecule has 0 saturated carbocycles. The average Bonchev–Trinajstić information content (AvgIpc) is 2.88. The van der Waals surface area contributed by atoms with Gasteiger partial charge in [-0.25, -0.2) is 18.2 Å². The Morgan fingerprint density at radius 1 is 0.900 bits per heavy atom. The van der Waals surface area contributed by atoms with Crippen molar-refractivity contribution in [1.29, 1.82) is 0 Å². The summed E-state index contributed by atoms with van der Waals surface area (Å²) in [4.78, 5) is 29.5. The van der Waals surface area contributed by atoms with Crippen molar-refractivity contribution in [3.63, 3.8) is 0 Å². The van der Waals surface area contributed by atoms with Crippen molar-refractivity contribution >= 4 is 23.2 Å². The maximum absolute atomic E-state index is 14.0. The molecule has 3 aromatic carbocycles. The van der Waals surface area contributed by atoms with Gasteiger partial charge in [-0.1, -0.05) is 48.5 Å².